The fraction of sp³-hybridized carbons (Fsp3) is 0.611. The highest BCUT2D eigenvalue weighted by atomic mass is 19.4. The van der Waals surface area contributed by atoms with Crippen LogP contribution in [0, 0.1) is 23.2 Å². The van der Waals surface area contributed by atoms with Gasteiger partial charge in [0, 0.05) is 5.54 Å². The second kappa shape index (κ2) is 5.39. The van der Waals surface area contributed by atoms with E-state index < -0.39 is 11.7 Å². The van der Waals surface area contributed by atoms with Crippen LogP contribution in [0.4, 0.5) is 18.9 Å². The molecule has 0 spiro atoms. The first kappa shape index (κ1) is 15.8. The van der Waals surface area contributed by atoms with Crippen molar-refractivity contribution in [2.75, 3.05) is 5.32 Å². The van der Waals surface area contributed by atoms with Gasteiger partial charge in [0.25, 0.3) is 0 Å². The predicted octanol–water partition coefficient (Wildman–Crippen LogP) is 4.61. The number of para-hydroxylation sites is 1. The topological polar surface area (TPSA) is 47.9 Å². The van der Waals surface area contributed by atoms with E-state index in [1.54, 1.807) is 6.07 Å². The van der Waals surface area contributed by atoms with Crippen LogP contribution in [-0.2, 0) is 6.18 Å². The maximum Gasteiger partial charge on any atom is 0.418 e. The van der Waals surface area contributed by atoms with Crippen molar-refractivity contribution >= 4 is 11.6 Å². The van der Waals surface area contributed by atoms with Crippen molar-refractivity contribution in [3.63, 3.8) is 0 Å². The van der Waals surface area contributed by atoms with Gasteiger partial charge in [0.05, 0.1) is 11.3 Å². The number of hydrogen-bond donors (Lipinski definition) is 3. The van der Waals surface area contributed by atoms with E-state index in [4.69, 9.17) is 5.41 Å². The molecule has 4 saturated carbocycles. The van der Waals surface area contributed by atoms with Gasteiger partial charge in [-0.05, 0) is 68.4 Å². The van der Waals surface area contributed by atoms with Gasteiger partial charge >= 0.3 is 6.18 Å². The third kappa shape index (κ3) is 2.87. The number of guanidine groups is 1. The molecule has 3 nitrogen and oxygen atoms in total. The van der Waals surface area contributed by atoms with E-state index in [9.17, 15) is 13.2 Å². The highest BCUT2D eigenvalue weighted by molar-refractivity contribution is 5.92. The largest absolute Gasteiger partial charge is 0.418 e. The molecule has 4 fully saturated rings. The average Bonchev–Trinajstić information content (AvgIpc) is 2.44. The summed E-state index contributed by atoms with van der Waals surface area (Å²) >= 11 is 0. The monoisotopic (exact) mass is 337 g/mol. The van der Waals surface area contributed by atoms with Crippen molar-refractivity contribution in [2.45, 2.75) is 50.2 Å². The zero-order valence-corrected chi connectivity index (χ0v) is 13.4. The van der Waals surface area contributed by atoms with Crippen molar-refractivity contribution in [3.05, 3.63) is 29.8 Å². The zero-order chi connectivity index (χ0) is 16.9. The average molecular weight is 337 g/mol. The molecule has 3 N–H and O–H groups in total. The molecule has 4 bridgehead atoms. The molecule has 24 heavy (non-hydrogen) atoms. The van der Waals surface area contributed by atoms with Gasteiger partial charge in [-0.25, -0.2) is 0 Å². The van der Waals surface area contributed by atoms with Gasteiger partial charge < -0.3 is 10.6 Å². The number of halogens is 3. The second-order valence-corrected chi connectivity index (χ2v) is 7.87. The van der Waals surface area contributed by atoms with Crippen molar-refractivity contribution in [1.29, 1.82) is 5.41 Å². The van der Waals surface area contributed by atoms with E-state index in [2.05, 4.69) is 10.6 Å². The molecular weight excluding hydrogens is 315 g/mol. The molecule has 1 aromatic carbocycles. The van der Waals surface area contributed by atoms with Gasteiger partial charge in [-0.1, -0.05) is 12.1 Å². The molecule has 0 amide bonds. The van der Waals surface area contributed by atoms with Crippen molar-refractivity contribution in [2.24, 2.45) is 17.8 Å². The Morgan fingerprint density at radius 1 is 1.00 bits per heavy atom. The molecule has 1 aromatic rings. The van der Waals surface area contributed by atoms with Crippen LogP contribution in [0.25, 0.3) is 0 Å². The van der Waals surface area contributed by atoms with Crippen LogP contribution in [0.5, 0.6) is 0 Å². The summed E-state index contributed by atoms with van der Waals surface area (Å²) in [4.78, 5) is 0. The van der Waals surface area contributed by atoms with E-state index in [0.29, 0.717) is 0 Å². The molecule has 4 aliphatic carbocycles. The first-order chi connectivity index (χ1) is 11.3. The zero-order valence-electron chi connectivity index (χ0n) is 13.4. The van der Waals surface area contributed by atoms with Gasteiger partial charge in [0.15, 0.2) is 5.96 Å². The number of hydrogen-bond acceptors (Lipinski definition) is 1. The number of benzene rings is 1. The summed E-state index contributed by atoms with van der Waals surface area (Å²) in [5, 5.41) is 14.1. The minimum Gasteiger partial charge on any atom is -0.351 e. The lowest BCUT2D eigenvalue weighted by atomic mass is 9.53. The minimum atomic E-state index is -4.43. The summed E-state index contributed by atoms with van der Waals surface area (Å²) in [5.41, 5.74) is -0.888. The summed E-state index contributed by atoms with van der Waals surface area (Å²) in [5.74, 6) is 2.14. The van der Waals surface area contributed by atoms with Crippen molar-refractivity contribution in [3.8, 4) is 0 Å². The molecule has 4 aliphatic rings. The summed E-state index contributed by atoms with van der Waals surface area (Å²) in [6, 6.07) is 5.33. The van der Waals surface area contributed by atoms with Crippen LogP contribution in [-0.4, -0.2) is 11.5 Å². The summed E-state index contributed by atoms with van der Waals surface area (Å²) < 4.78 is 39.3. The van der Waals surface area contributed by atoms with Crippen LogP contribution in [0.3, 0.4) is 0 Å². The third-order valence-electron chi connectivity index (χ3n) is 5.92. The maximum atomic E-state index is 13.1. The first-order valence-electron chi connectivity index (χ1n) is 8.63. The fourth-order valence-electron chi connectivity index (χ4n) is 5.53. The minimum absolute atomic E-state index is 0.0198. The lowest BCUT2D eigenvalue weighted by molar-refractivity contribution is -0.136. The molecule has 0 radical (unpaired) electrons. The van der Waals surface area contributed by atoms with Gasteiger partial charge in [-0.15, -0.1) is 0 Å². The van der Waals surface area contributed by atoms with E-state index >= 15 is 0 Å². The Morgan fingerprint density at radius 3 is 2.08 bits per heavy atom. The summed E-state index contributed by atoms with van der Waals surface area (Å²) in [6.07, 6.45) is 2.58. The molecule has 0 saturated heterocycles. The molecular formula is C18H22F3N3. The maximum absolute atomic E-state index is 13.1. The molecule has 0 aromatic heterocycles. The first-order valence-corrected chi connectivity index (χ1v) is 8.63. The van der Waals surface area contributed by atoms with Crippen LogP contribution < -0.4 is 10.6 Å². The number of anilines is 1. The summed E-state index contributed by atoms with van der Waals surface area (Å²) in [7, 11) is 0. The van der Waals surface area contributed by atoms with Gasteiger partial charge in [0.2, 0.25) is 0 Å². The van der Waals surface area contributed by atoms with Crippen LogP contribution in [0.2, 0.25) is 0 Å². The number of nitrogens with one attached hydrogen (secondary N) is 3. The van der Waals surface area contributed by atoms with Crippen LogP contribution in [0.1, 0.15) is 44.1 Å². The predicted molar refractivity (Wildman–Crippen MR) is 86.8 cm³/mol. The van der Waals surface area contributed by atoms with Crippen molar-refractivity contribution in [1.82, 2.24) is 5.32 Å². The molecule has 5 rings (SSSR count). The SMILES string of the molecule is N=C(Nc1ccccc1C(F)(F)F)NC12CC3CC(CC(C3)C1)C2. The van der Waals surface area contributed by atoms with Gasteiger partial charge in [0.1, 0.15) is 0 Å². The lowest BCUT2D eigenvalue weighted by Gasteiger charge is -2.57. The Morgan fingerprint density at radius 2 is 1.54 bits per heavy atom. The smallest absolute Gasteiger partial charge is 0.351 e. The van der Waals surface area contributed by atoms with Gasteiger partial charge in [-0.2, -0.15) is 13.2 Å². The number of rotatable bonds is 2. The highest BCUT2D eigenvalue weighted by Gasteiger charge is 2.51. The van der Waals surface area contributed by atoms with E-state index in [1.807, 2.05) is 0 Å². The van der Waals surface area contributed by atoms with E-state index in [0.717, 1.165) is 43.1 Å². The lowest BCUT2D eigenvalue weighted by Crippen LogP contribution is -2.60. The Kier molecular flexibility index (Phi) is 3.55. The van der Waals surface area contributed by atoms with Gasteiger partial charge in [-0.3, -0.25) is 5.41 Å². The van der Waals surface area contributed by atoms with E-state index in [-0.39, 0.29) is 17.2 Å². The quantitative estimate of drug-likeness (QED) is 0.545. The second-order valence-electron chi connectivity index (χ2n) is 7.87. The molecule has 130 valence electrons. The fourth-order valence-corrected chi connectivity index (χ4v) is 5.53. The van der Waals surface area contributed by atoms with Crippen molar-refractivity contribution < 1.29 is 13.2 Å². The van der Waals surface area contributed by atoms with Crippen LogP contribution >= 0.6 is 0 Å². The Hall–Kier alpha value is -1.72. The number of alkyl halides is 3. The summed E-state index contributed by atoms with van der Waals surface area (Å²) in [6.45, 7) is 0. The molecule has 0 unspecified atom stereocenters. The Bertz CT molecular complexity index is 618. The molecule has 6 heteroatoms. The molecule has 0 aliphatic heterocycles. The van der Waals surface area contributed by atoms with Crippen LogP contribution in [0.15, 0.2) is 24.3 Å². The standard InChI is InChI=1S/C18H22F3N3/c19-18(20,21)14-3-1-2-4-15(14)23-16(22)24-17-8-11-5-12(9-17)7-13(6-11)10-17/h1-4,11-13H,5-10H2,(H3,22,23,24). The normalized spacial score (nSPS) is 34.2. The Balaban J connectivity index is 1.48. The highest BCUT2D eigenvalue weighted by Crippen LogP contribution is 2.55. The molecule has 0 atom stereocenters. The van der Waals surface area contributed by atoms with E-state index in [1.165, 1.54) is 31.4 Å². The molecule has 0 heterocycles. The third-order valence-corrected chi connectivity index (χ3v) is 5.92. The Labute approximate surface area is 139 Å².